The van der Waals surface area contributed by atoms with Crippen molar-refractivity contribution in [3.63, 3.8) is 0 Å². The Kier molecular flexibility index (Phi) is 4.49. The van der Waals surface area contributed by atoms with Crippen molar-refractivity contribution in [1.29, 1.82) is 5.26 Å². The van der Waals surface area contributed by atoms with Gasteiger partial charge in [-0.15, -0.1) is 0 Å². The SMILES string of the molecule is COc1cc(/C=C(\C#N)C(N)=S)cc(OC)c1. The predicted molar refractivity (Wildman–Crippen MR) is 69.9 cm³/mol. The Balaban J connectivity index is 3.22. The molecule has 5 heteroatoms. The number of nitrogens with zero attached hydrogens (tertiary/aromatic N) is 1. The van der Waals surface area contributed by atoms with Gasteiger partial charge in [0.15, 0.2) is 0 Å². The van der Waals surface area contributed by atoms with E-state index >= 15 is 0 Å². The summed E-state index contributed by atoms with van der Waals surface area (Å²) in [6, 6.07) is 7.20. The summed E-state index contributed by atoms with van der Waals surface area (Å²) in [5.41, 5.74) is 6.40. The molecule has 0 aliphatic rings. The third-order valence-electron chi connectivity index (χ3n) is 2.07. The zero-order valence-electron chi connectivity index (χ0n) is 9.56. The summed E-state index contributed by atoms with van der Waals surface area (Å²) < 4.78 is 10.2. The maximum atomic E-state index is 8.86. The molecule has 1 rings (SSSR count). The molecule has 2 N–H and O–H groups in total. The summed E-state index contributed by atoms with van der Waals surface area (Å²) in [6.45, 7) is 0. The highest BCUT2D eigenvalue weighted by Gasteiger charge is 2.03. The van der Waals surface area contributed by atoms with Crippen molar-refractivity contribution < 1.29 is 9.47 Å². The highest BCUT2D eigenvalue weighted by Crippen LogP contribution is 2.23. The molecule has 17 heavy (non-hydrogen) atoms. The van der Waals surface area contributed by atoms with Gasteiger partial charge < -0.3 is 15.2 Å². The number of ether oxygens (including phenoxy) is 2. The fourth-order valence-corrected chi connectivity index (χ4v) is 1.34. The molecule has 0 atom stereocenters. The number of benzene rings is 1. The van der Waals surface area contributed by atoms with Crippen LogP contribution in [0.15, 0.2) is 23.8 Å². The summed E-state index contributed by atoms with van der Waals surface area (Å²) in [5.74, 6) is 1.27. The molecule has 0 heterocycles. The molecule has 1 aromatic carbocycles. The van der Waals surface area contributed by atoms with E-state index in [1.807, 2.05) is 6.07 Å². The highest BCUT2D eigenvalue weighted by atomic mass is 32.1. The third kappa shape index (κ3) is 3.47. The molecule has 0 radical (unpaired) electrons. The minimum Gasteiger partial charge on any atom is -0.497 e. The summed E-state index contributed by atoms with van der Waals surface area (Å²) in [7, 11) is 3.11. The smallest absolute Gasteiger partial charge is 0.123 e. The van der Waals surface area contributed by atoms with Gasteiger partial charge in [0, 0.05) is 6.07 Å². The Hall–Kier alpha value is -2.06. The van der Waals surface area contributed by atoms with Crippen molar-refractivity contribution in [2.24, 2.45) is 5.73 Å². The number of nitrogens with two attached hydrogens (primary N) is 1. The lowest BCUT2D eigenvalue weighted by atomic mass is 10.1. The number of hydrogen-bond acceptors (Lipinski definition) is 4. The first kappa shape index (κ1) is 13.0. The van der Waals surface area contributed by atoms with Crippen LogP contribution in [0.25, 0.3) is 6.08 Å². The van der Waals surface area contributed by atoms with Crippen molar-refractivity contribution >= 4 is 23.3 Å². The monoisotopic (exact) mass is 248 g/mol. The minimum absolute atomic E-state index is 0.0642. The van der Waals surface area contributed by atoms with Crippen molar-refractivity contribution in [3.8, 4) is 17.6 Å². The van der Waals surface area contributed by atoms with Gasteiger partial charge in [0.2, 0.25) is 0 Å². The molecule has 0 aliphatic heterocycles. The topological polar surface area (TPSA) is 68.3 Å². The first-order valence-corrected chi connectivity index (χ1v) is 5.16. The molecule has 0 amide bonds. The standard InChI is InChI=1S/C12H12N2O2S/c1-15-10-4-8(5-11(6-10)16-2)3-9(7-13)12(14)17/h3-6H,1-2H3,(H2,14,17)/b9-3+. The van der Waals surface area contributed by atoms with E-state index in [2.05, 4.69) is 0 Å². The van der Waals surface area contributed by atoms with Gasteiger partial charge >= 0.3 is 0 Å². The number of rotatable bonds is 4. The molecule has 0 bridgehead atoms. The number of hydrogen-bond donors (Lipinski definition) is 1. The Morgan fingerprint density at radius 1 is 1.29 bits per heavy atom. The Morgan fingerprint density at radius 3 is 2.18 bits per heavy atom. The van der Waals surface area contributed by atoms with E-state index < -0.39 is 0 Å². The first-order valence-electron chi connectivity index (χ1n) is 4.75. The number of methoxy groups -OCH3 is 2. The second-order valence-corrected chi connectivity index (χ2v) is 3.62. The van der Waals surface area contributed by atoms with Crippen LogP contribution in [0.5, 0.6) is 11.5 Å². The van der Waals surface area contributed by atoms with Crippen molar-refractivity contribution in [1.82, 2.24) is 0 Å². The zero-order chi connectivity index (χ0) is 12.8. The van der Waals surface area contributed by atoms with Crippen molar-refractivity contribution in [2.45, 2.75) is 0 Å². The maximum absolute atomic E-state index is 8.86. The van der Waals surface area contributed by atoms with E-state index in [1.54, 1.807) is 38.5 Å². The van der Waals surface area contributed by atoms with Gasteiger partial charge in [0.05, 0.1) is 19.8 Å². The van der Waals surface area contributed by atoms with Gasteiger partial charge in [0.25, 0.3) is 0 Å². The van der Waals surface area contributed by atoms with Gasteiger partial charge in [-0.3, -0.25) is 0 Å². The average molecular weight is 248 g/mol. The zero-order valence-corrected chi connectivity index (χ0v) is 10.4. The summed E-state index contributed by atoms with van der Waals surface area (Å²) in [5, 5.41) is 8.86. The van der Waals surface area contributed by atoms with Crippen LogP contribution in [0.3, 0.4) is 0 Å². The molecule has 1 aromatic rings. The Morgan fingerprint density at radius 2 is 1.82 bits per heavy atom. The molecule has 0 aliphatic carbocycles. The van der Waals surface area contributed by atoms with E-state index in [-0.39, 0.29) is 10.6 Å². The van der Waals surface area contributed by atoms with Gasteiger partial charge in [-0.2, -0.15) is 5.26 Å². The Labute approximate surface area is 105 Å². The van der Waals surface area contributed by atoms with E-state index in [4.69, 9.17) is 32.7 Å². The van der Waals surface area contributed by atoms with Crippen LogP contribution < -0.4 is 15.2 Å². The summed E-state index contributed by atoms with van der Waals surface area (Å²) in [4.78, 5) is 0.0642. The van der Waals surface area contributed by atoms with Crippen LogP contribution in [-0.4, -0.2) is 19.2 Å². The molecule has 0 saturated carbocycles. The van der Waals surface area contributed by atoms with Crippen LogP contribution in [0.1, 0.15) is 5.56 Å². The molecule has 0 fully saturated rings. The molecule has 0 saturated heterocycles. The minimum atomic E-state index is 0.0642. The van der Waals surface area contributed by atoms with Crippen molar-refractivity contribution in [2.75, 3.05) is 14.2 Å². The number of nitriles is 1. The normalized spacial score (nSPS) is 10.5. The molecule has 0 spiro atoms. The van der Waals surface area contributed by atoms with E-state index in [1.165, 1.54) is 0 Å². The van der Waals surface area contributed by atoms with Crippen molar-refractivity contribution in [3.05, 3.63) is 29.3 Å². The second-order valence-electron chi connectivity index (χ2n) is 3.18. The highest BCUT2D eigenvalue weighted by molar-refractivity contribution is 7.80. The van der Waals surface area contributed by atoms with Crippen LogP contribution in [-0.2, 0) is 0 Å². The van der Waals surface area contributed by atoms with Crippen LogP contribution in [0.2, 0.25) is 0 Å². The van der Waals surface area contributed by atoms with Gasteiger partial charge in [-0.25, -0.2) is 0 Å². The summed E-state index contributed by atoms with van der Waals surface area (Å²) >= 11 is 4.76. The van der Waals surface area contributed by atoms with Gasteiger partial charge in [-0.05, 0) is 23.8 Å². The van der Waals surface area contributed by atoms with Gasteiger partial charge in [0.1, 0.15) is 22.6 Å². The predicted octanol–water partition coefficient (Wildman–Crippen LogP) is 1.90. The maximum Gasteiger partial charge on any atom is 0.123 e. The third-order valence-corrected chi connectivity index (χ3v) is 2.29. The first-order chi connectivity index (χ1) is 8.10. The van der Waals surface area contributed by atoms with E-state index in [9.17, 15) is 0 Å². The van der Waals surface area contributed by atoms with E-state index in [0.29, 0.717) is 11.5 Å². The van der Waals surface area contributed by atoms with E-state index in [0.717, 1.165) is 5.56 Å². The fraction of sp³-hybridized carbons (Fsp3) is 0.167. The van der Waals surface area contributed by atoms with Crippen LogP contribution in [0, 0.1) is 11.3 Å². The van der Waals surface area contributed by atoms with Gasteiger partial charge in [-0.1, -0.05) is 12.2 Å². The molecule has 4 nitrogen and oxygen atoms in total. The van der Waals surface area contributed by atoms with Crippen LogP contribution >= 0.6 is 12.2 Å². The lowest BCUT2D eigenvalue weighted by Crippen LogP contribution is -2.09. The molecular weight excluding hydrogens is 236 g/mol. The number of thiocarbonyl (C=S) groups is 1. The summed E-state index contributed by atoms with van der Waals surface area (Å²) in [6.07, 6.45) is 1.59. The quantitative estimate of drug-likeness (QED) is 0.500. The molecule has 0 unspecified atom stereocenters. The molecule has 88 valence electrons. The molecular formula is C12H12N2O2S. The van der Waals surface area contributed by atoms with Crippen LogP contribution in [0.4, 0.5) is 0 Å². The molecule has 0 aromatic heterocycles. The lowest BCUT2D eigenvalue weighted by molar-refractivity contribution is 0.394. The largest absolute Gasteiger partial charge is 0.497 e. The lowest BCUT2D eigenvalue weighted by Gasteiger charge is -2.06. The Bertz CT molecular complexity index is 481. The average Bonchev–Trinajstić information content (AvgIpc) is 2.34. The fourth-order valence-electron chi connectivity index (χ4n) is 1.24. The second kappa shape index (κ2) is 5.87.